The summed E-state index contributed by atoms with van der Waals surface area (Å²) in [5.41, 5.74) is 1.12. The fourth-order valence-corrected chi connectivity index (χ4v) is 3.32. The third-order valence-electron chi connectivity index (χ3n) is 4.78. The van der Waals surface area contributed by atoms with Crippen molar-refractivity contribution in [3.63, 3.8) is 0 Å². The number of unbranched alkanes of at least 4 members (excludes halogenated alkanes) is 2. The van der Waals surface area contributed by atoms with Crippen LogP contribution in [0.4, 0.5) is 0 Å². The molecule has 1 aliphatic rings. The standard InChI is InChI=1S/C21H36O4/c1-5-7-14-24-20(22)18(16(3)4)19(17-12-10-9-11-13-17)21(23)25-15-8-6-2/h16-17H,5-15H2,1-4H3. The van der Waals surface area contributed by atoms with Gasteiger partial charge in [0.05, 0.1) is 24.4 Å². The summed E-state index contributed by atoms with van der Waals surface area (Å²) in [6.45, 7) is 8.87. The first-order chi connectivity index (χ1) is 12.0. The van der Waals surface area contributed by atoms with E-state index in [2.05, 4.69) is 13.8 Å². The molecule has 25 heavy (non-hydrogen) atoms. The molecule has 4 nitrogen and oxygen atoms in total. The van der Waals surface area contributed by atoms with Crippen LogP contribution in [0.2, 0.25) is 0 Å². The number of rotatable bonds is 10. The Hall–Kier alpha value is -1.32. The summed E-state index contributed by atoms with van der Waals surface area (Å²) in [5.74, 6) is -0.572. The average Bonchev–Trinajstić information content (AvgIpc) is 2.60. The molecule has 1 rings (SSSR count). The van der Waals surface area contributed by atoms with Crippen molar-refractivity contribution in [2.45, 2.75) is 85.5 Å². The highest BCUT2D eigenvalue weighted by molar-refractivity contribution is 6.01. The molecule has 0 radical (unpaired) electrons. The van der Waals surface area contributed by atoms with Crippen LogP contribution in [0.25, 0.3) is 0 Å². The monoisotopic (exact) mass is 352 g/mol. The van der Waals surface area contributed by atoms with Gasteiger partial charge in [0.15, 0.2) is 0 Å². The first-order valence-corrected chi connectivity index (χ1v) is 10.1. The number of hydrogen-bond acceptors (Lipinski definition) is 4. The summed E-state index contributed by atoms with van der Waals surface area (Å²) in [7, 11) is 0. The maximum absolute atomic E-state index is 12.8. The molecule has 0 amide bonds. The average molecular weight is 353 g/mol. The van der Waals surface area contributed by atoms with Gasteiger partial charge in [-0.2, -0.15) is 0 Å². The Balaban J connectivity index is 3.08. The molecule has 0 aliphatic heterocycles. The number of carbonyl (C=O) groups is 2. The minimum absolute atomic E-state index is 0.0511. The Bertz CT molecular complexity index is 445. The maximum Gasteiger partial charge on any atom is 0.334 e. The van der Waals surface area contributed by atoms with Crippen molar-refractivity contribution in [2.75, 3.05) is 13.2 Å². The van der Waals surface area contributed by atoms with Crippen LogP contribution >= 0.6 is 0 Å². The number of esters is 2. The first-order valence-electron chi connectivity index (χ1n) is 10.1. The van der Waals surface area contributed by atoms with Crippen LogP contribution in [-0.4, -0.2) is 25.2 Å². The van der Waals surface area contributed by atoms with Crippen molar-refractivity contribution in [3.05, 3.63) is 11.1 Å². The summed E-state index contributed by atoms with van der Waals surface area (Å²) in [5, 5.41) is 0. The number of hydrogen-bond donors (Lipinski definition) is 0. The molecule has 0 atom stereocenters. The van der Waals surface area contributed by atoms with Gasteiger partial charge >= 0.3 is 11.9 Å². The summed E-state index contributed by atoms with van der Waals surface area (Å²) in [6, 6.07) is 0. The van der Waals surface area contributed by atoms with Crippen molar-refractivity contribution >= 4 is 11.9 Å². The van der Waals surface area contributed by atoms with E-state index in [4.69, 9.17) is 9.47 Å². The quantitative estimate of drug-likeness (QED) is 0.308. The highest BCUT2D eigenvalue weighted by atomic mass is 16.5. The Morgan fingerprint density at radius 1 is 0.880 bits per heavy atom. The van der Waals surface area contributed by atoms with Gasteiger partial charge in [0.1, 0.15) is 0 Å². The third kappa shape index (κ3) is 7.21. The lowest BCUT2D eigenvalue weighted by Crippen LogP contribution is -2.26. The van der Waals surface area contributed by atoms with Gasteiger partial charge in [-0.3, -0.25) is 0 Å². The van der Waals surface area contributed by atoms with Crippen LogP contribution in [0.3, 0.4) is 0 Å². The lowest BCUT2D eigenvalue weighted by molar-refractivity contribution is -0.143. The summed E-state index contributed by atoms with van der Waals surface area (Å²) < 4.78 is 10.9. The highest BCUT2D eigenvalue weighted by Crippen LogP contribution is 2.34. The molecule has 0 aromatic carbocycles. The zero-order valence-corrected chi connectivity index (χ0v) is 16.6. The Labute approximate surface area is 153 Å². The van der Waals surface area contributed by atoms with Crippen LogP contribution in [0.15, 0.2) is 11.1 Å². The SMILES string of the molecule is CCCCOC(=O)C(=C(C(=O)OCCCC)C1CCCCC1)C(C)C. The largest absolute Gasteiger partial charge is 0.462 e. The molecule has 0 unspecified atom stereocenters. The van der Waals surface area contributed by atoms with E-state index in [0.717, 1.165) is 51.4 Å². The normalized spacial score (nSPS) is 16.5. The van der Waals surface area contributed by atoms with Crippen molar-refractivity contribution in [3.8, 4) is 0 Å². The van der Waals surface area contributed by atoms with E-state index < -0.39 is 0 Å². The molecule has 0 N–H and O–H groups in total. The second kappa shape index (κ2) is 12.1. The molecule has 1 saturated carbocycles. The van der Waals surface area contributed by atoms with E-state index in [9.17, 15) is 9.59 Å². The fourth-order valence-electron chi connectivity index (χ4n) is 3.32. The molecule has 0 heterocycles. The van der Waals surface area contributed by atoms with E-state index in [1.807, 2.05) is 13.8 Å². The van der Waals surface area contributed by atoms with Gasteiger partial charge in [0.2, 0.25) is 0 Å². The van der Waals surface area contributed by atoms with Gasteiger partial charge < -0.3 is 9.47 Å². The van der Waals surface area contributed by atoms with Gasteiger partial charge in [-0.15, -0.1) is 0 Å². The Morgan fingerprint density at radius 2 is 1.40 bits per heavy atom. The molecular formula is C21H36O4. The van der Waals surface area contributed by atoms with E-state index in [1.165, 1.54) is 6.42 Å². The van der Waals surface area contributed by atoms with Gasteiger partial charge in [-0.1, -0.05) is 59.8 Å². The van der Waals surface area contributed by atoms with E-state index in [1.54, 1.807) is 0 Å². The second-order valence-corrected chi connectivity index (χ2v) is 7.30. The van der Waals surface area contributed by atoms with Crippen molar-refractivity contribution in [1.29, 1.82) is 0 Å². The molecule has 4 heteroatoms. The van der Waals surface area contributed by atoms with Crippen LogP contribution in [-0.2, 0) is 19.1 Å². The molecule has 1 fully saturated rings. The van der Waals surface area contributed by atoms with Crippen molar-refractivity contribution < 1.29 is 19.1 Å². The Kier molecular flexibility index (Phi) is 10.5. The molecule has 1 aliphatic carbocycles. The first kappa shape index (κ1) is 21.7. The van der Waals surface area contributed by atoms with E-state index >= 15 is 0 Å². The van der Waals surface area contributed by atoms with E-state index in [0.29, 0.717) is 24.4 Å². The molecule has 0 aromatic heterocycles. The van der Waals surface area contributed by atoms with Gasteiger partial charge in [-0.25, -0.2) is 9.59 Å². The number of carbonyl (C=O) groups excluding carboxylic acids is 2. The Morgan fingerprint density at radius 3 is 1.88 bits per heavy atom. The summed E-state index contributed by atoms with van der Waals surface area (Å²) in [6.07, 6.45) is 8.96. The van der Waals surface area contributed by atoms with Crippen LogP contribution in [0.1, 0.15) is 85.5 Å². The van der Waals surface area contributed by atoms with Gasteiger partial charge in [-0.05, 0) is 37.5 Å². The fraction of sp³-hybridized carbons (Fsp3) is 0.810. The van der Waals surface area contributed by atoms with Crippen LogP contribution in [0.5, 0.6) is 0 Å². The van der Waals surface area contributed by atoms with E-state index in [-0.39, 0.29) is 23.8 Å². The topological polar surface area (TPSA) is 52.6 Å². The molecule has 0 saturated heterocycles. The van der Waals surface area contributed by atoms with Crippen molar-refractivity contribution in [2.24, 2.45) is 11.8 Å². The zero-order valence-electron chi connectivity index (χ0n) is 16.6. The third-order valence-corrected chi connectivity index (χ3v) is 4.78. The second-order valence-electron chi connectivity index (χ2n) is 7.30. The highest BCUT2D eigenvalue weighted by Gasteiger charge is 2.32. The predicted octanol–water partition coefficient (Wildman–Crippen LogP) is 5.21. The minimum atomic E-state index is -0.337. The minimum Gasteiger partial charge on any atom is -0.462 e. The molecule has 0 bridgehead atoms. The van der Waals surface area contributed by atoms with Gasteiger partial charge in [0, 0.05) is 0 Å². The molecule has 144 valence electrons. The summed E-state index contributed by atoms with van der Waals surface area (Å²) in [4.78, 5) is 25.5. The van der Waals surface area contributed by atoms with Crippen molar-refractivity contribution in [1.82, 2.24) is 0 Å². The smallest absolute Gasteiger partial charge is 0.334 e. The molecule has 0 aromatic rings. The number of ether oxygens (including phenoxy) is 2. The lowest BCUT2D eigenvalue weighted by Gasteiger charge is -2.26. The summed E-state index contributed by atoms with van der Waals surface area (Å²) >= 11 is 0. The predicted molar refractivity (Wildman–Crippen MR) is 100 cm³/mol. The zero-order chi connectivity index (χ0) is 18.7. The maximum atomic E-state index is 12.8. The molecular weight excluding hydrogens is 316 g/mol. The van der Waals surface area contributed by atoms with Gasteiger partial charge in [0.25, 0.3) is 0 Å². The van der Waals surface area contributed by atoms with Crippen LogP contribution < -0.4 is 0 Å². The lowest BCUT2D eigenvalue weighted by atomic mass is 9.79. The van der Waals surface area contributed by atoms with Crippen LogP contribution in [0, 0.1) is 11.8 Å². The molecule has 0 spiro atoms.